The van der Waals surface area contributed by atoms with E-state index in [1.807, 2.05) is 0 Å². The Labute approximate surface area is 438 Å². The van der Waals surface area contributed by atoms with Crippen molar-refractivity contribution in [2.45, 2.75) is 386 Å². The highest BCUT2D eigenvalue weighted by Gasteiger charge is 2.20. The summed E-state index contributed by atoms with van der Waals surface area (Å²) in [5, 5.41) is 23.3. The van der Waals surface area contributed by atoms with Crippen LogP contribution in [-0.2, 0) is 14.3 Å². The number of aliphatic hydroxyl groups excluding tert-OH is 2. The molecule has 0 aliphatic carbocycles. The summed E-state index contributed by atoms with van der Waals surface area (Å²) < 4.78 is 5.50. The van der Waals surface area contributed by atoms with E-state index in [4.69, 9.17) is 4.74 Å². The molecule has 1 amide bonds. The van der Waals surface area contributed by atoms with E-state index in [0.717, 1.165) is 38.5 Å². The lowest BCUT2D eigenvalue weighted by molar-refractivity contribution is -0.143. The molecule has 0 aromatic rings. The minimum Gasteiger partial charge on any atom is -0.466 e. The second-order valence-corrected chi connectivity index (χ2v) is 22.5. The molecule has 0 aromatic heterocycles. The molecule has 0 aliphatic heterocycles. The quantitative estimate of drug-likeness (QED) is 0.0417. The molecule has 0 aliphatic rings. The summed E-state index contributed by atoms with van der Waals surface area (Å²) in [5.41, 5.74) is 0. The monoisotopic (exact) mass is 990 g/mol. The molecule has 418 valence electrons. The molecule has 0 heterocycles. The fourth-order valence-corrected chi connectivity index (χ4v) is 10.5. The van der Waals surface area contributed by atoms with Gasteiger partial charge in [0.15, 0.2) is 0 Å². The average molecular weight is 991 g/mol. The van der Waals surface area contributed by atoms with E-state index >= 15 is 0 Å². The number of aliphatic hydroxyl groups is 2. The van der Waals surface area contributed by atoms with E-state index in [0.29, 0.717) is 25.9 Å². The largest absolute Gasteiger partial charge is 0.466 e. The molecule has 0 radical (unpaired) electrons. The maximum absolute atomic E-state index is 12.5. The number of hydrogen-bond acceptors (Lipinski definition) is 5. The van der Waals surface area contributed by atoms with Gasteiger partial charge in [-0.25, -0.2) is 0 Å². The van der Waals surface area contributed by atoms with Gasteiger partial charge in [0.25, 0.3) is 0 Å². The van der Waals surface area contributed by atoms with Crippen molar-refractivity contribution < 1.29 is 24.5 Å². The fraction of sp³-hybridized carbons (Fsp3) is 0.969. The van der Waals surface area contributed by atoms with E-state index in [1.54, 1.807) is 0 Å². The molecule has 2 unspecified atom stereocenters. The van der Waals surface area contributed by atoms with E-state index in [2.05, 4.69) is 19.2 Å². The first-order valence-corrected chi connectivity index (χ1v) is 32.3. The summed E-state index contributed by atoms with van der Waals surface area (Å²) in [6.45, 7) is 4.99. The van der Waals surface area contributed by atoms with Crippen LogP contribution < -0.4 is 5.32 Å². The minimum absolute atomic E-state index is 0.0143. The summed E-state index contributed by atoms with van der Waals surface area (Å²) in [6, 6.07) is -0.543. The van der Waals surface area contributed by atoms with Crippen LogP contribution in [0.1, 0.15) is 373 Å². The Hall–Kier alpha value is -1.14. The van der Waals surface area contributed by atoms with Crippen molar-refractivity contribution in [2.75, 3.05) is 13.2 Å². The fourth-order valence-electron chi connectivity index (χ4n) is 10.5. The van der Waals surface area contributed by atoms with Crippen LogP contribution in [0.5, 0.6) is 0 Å². The molecule has 0 saturated carbocycles. The Balaban J connectivity index is 3.37. The molecule has 0 bridgehead atoms. The average Bonchev–Trinajstić information content (AvgIpc) is 3.36. The van der Waals surface area contributed by atoms with Crippen LogP contribution in [0.15, 0.2) is 0 Å². The number of nitrogens with one attached hydrogen (secondary N) is 1. The molecule has 0 aromatic carbocycles. The van der Waals surface area contributed by atoms with E-state index in [1.165, 1.54) is 302 Å². The van der Waals surface area contributed by atoms with Crippen LogP contribution >= 0.6 is 0 Å². The number of unbranched alkanes of at least 4 members (excludes halogenated alkanes) is 50. The number of amides is 1. The second kappa shape index (κ2) is 60.4. The highest BCUT2D eigenvalue weighted by atomic mass is 16.5. The third-order valence-corrected chi connectivity index (χ3v) is 15.4. The number of carbonyl (C=O) groups is 2. The summed E-state index contributed by atoms with van der Waals surface area (Å²) in [6.07, 6.45) is 71.1. The van der Waals surface area contributed by atoms with Crippen molar-refractivity contribution in [2.24, 2.45) is 0 Å². The summed E-state index contributed by atoms with van der Waals surface area (Å²) in [5.74, 6) is -0.0194. The van der Waals surface area contributed by atoms with Crippen LogP contribution in [0.4, 0.5) is 0 Å². The predicted molar refractivity (Wildman–Crippen MR) is 306 cm³/mol. The lowest BCUT2D eigenvalue weighted by Crippen LogP contribution is -2.45. The highest BCUT2D eigenvalue weighted by Crippen LogP contribution is 2.19. The first-order chi connectivity index (χ1) is 34.5. The van der Waals surface area contributed by atoms with Gasteiger partial charge in [-0.2, -0.15) is 0 Å². The molecular formula is C64H127NO5. The topological polar surface area (TPSA) is 95.9 Å². The lowest BCUT2D eigenvalue weighted by Gasteiger charge is -2.22. The summed E-state index contributed by atoms with van der Waals surface area (Å²) in [7, 11) is 0. The third-order valence-electron chi connectivity index (χ3n) is 15.4. The van der Waals surface area contributed by atoms with Crippen molar-refractivity contribution in [3.8, 4) is 0 Å². The Kier molecular flexibility index (Phi) is 59.4. The molecule has 3 N–H and O–H groups in total. The molecule has 2 atom stereocenters. The zero-order valence-corrected chi connectivity index (χ0v) is 47.8. The maximum Gasteiger partial charge on any atom is 0.305 e. The predicted octanol–water partition coefficient (Wildman–Crippen LogP) is 20.3. The van der Waals surface area contributed by atoms with Crippen LogP contribution in [0.2, 0.25) is 0 Å². The van der Waals surface area contributed by atoms with Crippen LogP contribution in [0.25, 0.3) is 0 Å². The third kappa shape index (κ3) is 56.2. The highest BCUT2D eigenvalue weighted by molar-refractivity contribution is 5.76. The Morgan fingerprint density at radius 2 is 0.586 bits per heavy atom. The normalized spacial score (nSPS) is 12.5. The van der Waals surface area contributed by atoms with E-state index in [-0.39, 0.29) is 18.5 Å². The van der Waals surface area contributed by atoms with Crippen molar-refractivity contribution in [3.05, 3.63) is 0 Å². The second-order valence-electron chi connectivity index (χ2n) is 22.5. The number of hydrogen-bond donors (Lipinski definition) is 3. The van der Waals surface area contributed by atoms with Gasteiger partial charge in [-0.3, -0.25) is 9.59 Å². The van der Waals surface area contributed by atoms with Gasteiger partial charge in [-0.05, 0) is 25.7 Å². The van der Waals surface area contributed by atoms with Gasteiger partial charge in [0.1, 0.15) is 0 Å². The van der Waals surface area contributed by atoms with E-state index in [9.17, 15) is 19.8 Å². The molecular weight excluding hydrogens is 863 g/mol. The van der Waals surface area contributed by atoms with Crippen molar-refractivity contribution in [1.29, 1.82) is 0 Å². The molecule has 0 spiro atoms. The van der Waals surface area contributed by atoms with Gasteiger partial charge < -0.3 is 20.3 Å². The Bertz CT molecular complexity index is 1010. The molecule has 0 fully saturated rings. The first kappa shape index (κ1) is 68.9. The number of rotatable bonds is 61. The smallest absolute Gasteiger partial charge is 0.305 e. The van der Waals surface area contributed by atoms with Crippen LogP contribution in [0.3, 0.4) is 0 Å². The molecule has 70 heavy (non-hydrogen) atoms. The first-order valence-electron chi connectivity index (χ1n) is 32.3. The van der Waals surface area contributed by atoms with Gasteiger partial charge in [0.05, 0.1) is 25.4 Å². The summed E-state index contributed by atoms with van der Waals surface area (Å²) >= 11 is 0. The molecule has 0 saturated heterocycles. The SMILES string of the molecule is CCCCCCCCCCCCCCCCCCCC(=O)OCCCCCCCCCCCCCCCCCCCCCC(=O)NC(CO)C(O)CCCCCCCCCCCCCCCCCCC. The van der Waals surface area contributed by atoms with Crippen LogP contribution in [-0.4, -0.2) is 47.4 Å². The van der Waals surface area contributed by atoms with Gasteiger partial charge in [0.2, 0.25) is 5.91 Å². The number of carbonyl (C=O) groups excluding carboxylic acids is 2. The van der Waals surface area contributed by atoms with Crippen molar-refractivity contribution >= 4 is 11.9 Å². The van der Waals surface area contributed by atoms with Crippen LogP contribution in [0, 0.1) is 0 Å². The van der Waals surface area contributed by atoms with Gasteiger partial charge >= 0.3 is 5.97 Å². The summed E-state index contributed by atoms with van der Waals surface area (Å²) in [4.78, 5) is 24.6. The molecule has 0 rings (SSSR count). The molecule has 6 heteroatoms. The Morgan fingerprint density at radius 1 is 0.343 bits per heavy atom. The number of ether oxygens (including phenoxy) is 1. The zero-order valence-electron chi connectivity index (χ0n) is 47.8. The van der Waals surface area contributed by atoms with Gasteiger partial charge in [-0.1, -0.05) is 335 Å². The lowest BCUT2D eigenvalue weighted by atomic mass is 10.0. The van der Waals surface area contributed by atoms with Crippen molar-refractivity contribution in [1.82, 2.24) is 5.32 Å². The maximum atomic E-state index is 12.5. The van der Waals surface area contributed by atoms with Crippen molar-refractivity contribution in [3.63, 3.8) is 0 Å². The standard InChI is InChI=1S/C64H127NO5/c1-3-5-7-9-11-13-15-17-19-24-28-32-36-40-44-48-52-56-62(67)61(60-66)65-63(68)57-53-49-45-41-37-33-29-26-22-21-23-27-31-35-39-43-47-51-55-59-70-64(69)58-54-50-46-42-38-34-30-25-20-18-16-14-12-10-8-6-4-2/h61-62,66-67H,3-60H2,1-2H3,(H,65,68). The van der Waals surface area contributed by atoms with Gasteiger partial charge in [0, 0.05) is 12.8 Å². The van der Waals surface area contributed by atoms with E-state index < -0.39 is 12.1 Å². The zero-order chi connectivity index (χ0) is 50.7. The van der Waals surface area contributed by atoms with Gasteiger partial charge in [-0.15, -0.1) is 0 Å². The Morgan fingerprint density at radius 3 is 0.871 bits per heavy atom. The number of esters is 1. The minimum atomic E-state index is -0.665. The molecule has 6 nitrogen and oxygen atoms in total.